The molecule has 3 nitrogen and oxygen atoms in total. The van der Waals surface area contributed by atoms with Gasteiger partial charge in [0.05, 0.1) is 0 Å². The van der Waals surface area contributed by atoms with Gasteiger partial charge in [0.15, 0.2) is 0 Å². The summed E-state index contributed by atoms with van der Waals surface area (Å²) in [6, 6.07) is 5.44. The first kappa shape index (κ1) is 14.0. The van der Waals surface area contributed by atoms with E-state index < -0.39 is 5.51 Å². The van der Waals surface area contributed by atoms with Crippen molar-refractivity contribution in [2.75, 3.05) is 18.4 Å². The number of carbonyl (C=O) groups is 1. The predicted octanol–water partition coefficient (Wildman–Crippen LogP) is 3.93. The Morgan fingerprint density at radius 3 is 2.26 bits per heavy atom. The fourth-order valence-electron chi connectivity index (χ4n) is 1.86. The number of nitrogens with zero attached hydrogens (tertiary/aromatic N) is 1. The highest BCUT2D eigenvalue weighted by Gasteiger charge is 2.29. The van der Waals surface area contributed by atoms with Gasteiger partial charge in [0.1, 0.15) is 0 Å². The maximum atomic E-state index is 12.1. The normalized spacial score (nSPS) is 15.6. The monoisotopic (exact) mass is 290 g/mol. The van der Waals surface area contributed by atoms with Crippen LogP contribution in [0, 0.1) is 0 Å². The van der Waals surface area contributed by atoms with E-state index in [0.29, 0.717) is 5.69 Å². The smallest absolute Gasteiger partial charge is 0.325 e. The molecule has 19 heavy (non-hydrogen) atoms. The van der Waals surface area contributed by atoms with Crippen LogP contribution in [-0.2, 0) is 0 Å². The number of likely N-dealkylation sites (tertiary alicyclic amines) is 1. The van der Waals surface area contributed by atoms with Gasteiger partial charge in [0.25, 0.3) is 0 Å². The molecule has 1 fully saturated rings. The van der Waals surface area contributed by atoms with Crippen molar-refractivity contribution >= 4 is 23.5 Å². The van der Waals surface area contributed by atoms with E-state index in [0.717, 1.165) is 25.9 Å². The van der Waals surface area contributed by atoms with Crippen molar-refractivity contribution < 1.29 is 18.0 Å². The van der Waals surface area contributed by atoms with Gasteiger partial charge in [0, 0.05) is 23.7 Å². The minimum atomic E-state index is -4.29. The van der Waals surface area contributed by atoms with Crippen LogP contribution in [0.5, 0.6) is 0 Å². The van der Waals surface area contributed by atoms with Crippen LogP contribution in [0.4, 0.5) is 23.7 Å². The van der Waals surface area contributed by atoms with Crippen LogP contribution in [0.1, 0.15) is 12.8 Å². The molecule has 1 saturated heterocycles. The molecule has 0 bridgehead atoms. The van der Waals surface area contributed by atoms with Crippen LogP contribution in [0.2, 0.25) is 0 Å². The summed E-state index contributed by atoms with van der Waals surface area (Å²) in [4.78, 5) is 13.6. The SMILES string of the molecule is O=C(Nc1ccc(SC(F)(F)F)cc1)N1CCCC1. The molecule has 2 rings (SSSR count). The third kappa shape index (κ3) is 4.34. The van der Waals surface area contributed by atoms with Crippen molar-refractivity contribution in [2.45, 2.75) is 23.2 Å². The Hall–Kier alpha value is -1.37. The van der Waals surface area contributed by atoms with Crippen molar-refractivity contribution in [1.29, 1.82) is 0 Å². The first-order chi connectivity index (χ1) is 8.94. The molecule has 1 aromatic carbocycles. The Bertz CT molecular complexity index is 441. The summed E-state index contributed by atoms with van der Waals surface area (Å²) < 4.78 is 36.4. The van der Waals surface area contributed by atoms with E-state index in [1.54, 1.807) is 4.90 Å². The molecule has 1 aliphatic rings. The number of carbonyl (C=O) groups excluding carboxylic acids is 1. The van der Waals surface area contributed by atoms with Crippen LogP contribution < -0.4 is 5.32 Å². The molecule has 0 atom stereocenters. The number of urea groups is 1. The molecule has 1 aromatic rings. The van der Waals surface area contributed by atoms with Gasteiger partial charge in [-0.25, -0.2) is 4.79 Å². The highest BCUT2D eigenvalue weighted by molar-refractivity contribution is 8.00. The highest BCUT2D eigenvalue weighted by Crippen LogP contribution is 2.37. The molecule has 2 amide bonds. The van der Waals surface area contributed by atoms with Crippen molar-refractivity contribution in [3.8, 4) is 0 Å². The number of amides is 2. The first-order valence-electron chi connectivity index (χ1n) is 5.86. The molecule has 0 saturated carbocycles. The summed E-state index contributed by atoms with van der Waals surface area (Å²) in [5.41, 5.74) is -3.79. The van der Waals surface area contributed by atoms with Crippen molar-refractivity contribution in [3.63, 3.8) is 0 Å². The van der Waals surface area contributed by atoms with E-state index >= 15 is 0 Å². The summed E-state index contributed by atoms with van der Waals surface area (Å²) in [6.45, 7) is 1.46. The van der Waals surface area contributed by atoms with E-state index in [4.69, 9.17) is 0 Å². The number of benzene rings is 1. The van der Waals surface area contributed by atoms with Gasteiger partial charge in [0.2, 0.25) is 0 Å². The third-order valence-corrected chi connectivity index (χ3v) is 3.47. The van der Waals surface area contributed by atoms with Crippen LogP contribution in [0.15, 0.2) is 29.2 Å². The van der Waals surface area contributed by atoms with Gasteiger partial charge in [-0.2, -0.15) is 13.2 Å². The number of nitrogens with one attached hydrogen (secondary N) is 1. The van der Waals surface area contributed by atoms with E-state index in [-0.39, 0.29) is 22.7 Å². The van der Waals surface area contributed by atoms with E-state index in [1.165, 1.54) is 24.3 Å². The lowest BCUT2D eigenvalue weighted by Crippen LogP contribution is -2.32. The van der Waals surface area contributed by atoms with Crippen molar-refractivity contribution in [3.05, 3.63) is 24.3 Å². The lowest BCUT2D eigenvalue weighted by atomic mass is 10.3. The number of halogens is 3. The second kappa shape index (κ2) is 5.73. The van der Waals surface area contributed by atoms with Crippen LogP contribution in [-0.4, -0.2) is 29.5 Å². The molecule has 104 valence electrons. The molecule has 7 heteroatoms. The topological polar surface area (TPSA) is 32.3 Å². The Morgan fingerprint density at radius 1 is 1.16 bits per heavy atom. The summed E-state index contributed by atoms with van der Waals surface area (Å²) in [6.07, 6.45) is 1.99. The number of hydrogen-bond acceptors (Lipinski definition) is 2. The first-order valence-corrected chi connectivity index (χ1v) is 6.67. The molecule has 1 aliphatic heterocycles. The Kier molecular flexibility index (Phi) is 4.24. The average Bonchev–Trinajstić information content (AvgIpc) is 2.83. The zero-order chi connectivity index (χ0) is 13.9. The van der Waals surface area contributed by atoms with Gasteiger partial charge >= 0.3 is 11.5 Å². The molecule has 0 aliphatic carbocycles. The quantitative estimate of drug-likeness (QED) is 0.837. The van der Waals surface area contributed by atoms with Crippen LogP contribution in [0.3, 0.4) is 0 Å². The predicted molar refractivity (Wildman–Crippen MR) is 68.2 cm³/mol. The molecule has 0 unspecified atom stereocenters. The number of thioether (sulfide) groups is 1. The molecular formula is C12H13F3N2OS. The Balaban J connectivity index is 1.93. The summed E-state index contributed by atoms with van der Waals surface area (Å²) in [5.74, 6) is 0. The molecule has 1 heterocycles. The third-order valence-electron chi connectivity index (χ3n) is 2.73. The highest BCUT2D eigenvalue weighted by atomic mass is 32.2. The zero-order valence-corrected chi connectivity index (χ0v) is 10.9. The van der Waals surface area contributed by atoms with Gasteiger partial charge in [-0.3, -0.25) is 0 Å². The van der Waals surface area contributed by atoms with Gasteiger partial charge < -0.3 is 10.2 Å². The second-order valence-electron chi connectivity index (χ2n) is 4.20. The number of anilines is 1. The second-order valence-corrected chi connectivity index (χ2v) is 5.33. The Morgan fingerprint density at radius 2 is 1.74 bits per heavy atom. The maximum absolute atomic E-state index is 12.1. The zero-order valence-electron chi connectivity index (χ0n) is 10.0. The Labute approximate surface area is 113 Å². The minimum absolute atomic E-state index is 0.103. The van der Waals surface area contributed by atoms with Crippen LogP contribution in [0.25, 0.3) is 0 Å². The van der Waals surface area contributed by atoms with E-state index in [1.807, 2.05) is 0 Å². The summed E-state index contributed by atoms with van der Waals surface area (Å²) in [7, 11) is 0. The van der Waals surface area contributed by atoms with Crippen molar-refractivity contribution in [2.24, 2.45) is 0 Å². The lowest BCUT2D eigenvalue weighted by Gasteiger charge is -2.16. The average molecular weight is 290 g/mol. The van der Waals surface area contributed by atoms with Crippen molar-refractivity contribution in [1.82, 2.24) is 4.90 Å². The van der Waals surface area contributed by atoms with Crippen LogP contribution >= 0.6 is 11.8 Å². The standard InChI is InChI=1S/C12H13F3N2OS/c13-12(14,15)19-10-5-3-9(4-6-10)16-11(18)17-7-1-2-8-17/h3-6H,1-2,7-8H2,(H,16,18). The van der Waals surface area contributed by atoms with E-state index in [9.17, 15) is 18.0 Å². The van der Waals surface area contributed by atoms with E-state index in [2.05, 4.69) is 5.32 Å². The molecular weight excluding hydrogens is 277 g/mol. The summed E-state index contributed by atoms with van der Waals surface area (Å²) in [5, 5.41) is 2.67. The minimum Gasteiger partial charge on any atom is -0.325 e. The van der Waals surface area contributed by atoms with Gasteiger partial charge in [-0.1, -0.05) is 0 Å². The largest absolute Gasteiger partial charge is 0.446 e. The number of rotatable bonds is 2. The molecule has 0 aromatic heterocycles. The van der Waals surface area contributed by atoms with Gasteiger partial charge in [-0.05, 0) is 48.9 Å². The molecule has 0 spiro atoms. The molecule has 1 N–H and O–H groups in total. The lowest BCUT2D eigenvalue weighted by molar-refractivity contribution is -0.0328. The number of alkyl halides is 3. The fourth-order valence-corrected chi connectivity index (χ4v) is 2.40. The summed E-state index contributed by atoms with van der Waals surface area (Å²) >= 11 is -0.169. The number of hydrogen-bond donors (Lipinski definition) is 1. The van der Waals surface area contributed by atoms with Gasteiger partial charge in [-0.15, -0.1) is 0 Å². The molecule has 0 radical (unpaired) electrons. The maximum Gasteiger partial charge on any atom is 0.446 e. The fraction of sp³-hybridized carbons (Fsp3) is 0.417.